The number of aromatic nitrogens is 1. The Morgan fingerprint density at radius 1 is 1.07 bits per heavy atom. The third kappa shape index (κ3) is 3.89. The zero-order valence-corrected chi connectivity index (χ0v) is 16.7. The maximum atomic E-state index is 12.6. The molecule has 2 aromatic carbocycles. The summed E-state index contributed by atoms with van der Waals surface area (Å²) in [5.41, 5.74) is 4.99. The van der Waals surface area contributed by atoms with Gasteiger partial charge in [-0.1, -0.05) is 56.3 Å². The lowest BCUT2D eigenvalue weighted by Crippen LogP contribution is -2.36. The van der Waals surface area contributed by atoms with Gasteiger partial charge in [-0.25, -0.2) is 0 Å². The molecule has 1 aliphatic heterocycles. The smallest absolute Gasteiger partial charge is 0.246 e. The van der Waals surface area contributed by atoms with E-state index in [0.29, 0.717) is 11.8 Å². The van der Waals surface area contributed by atoms with E-state index in [0.717, 1.165) is 31.5 Å². The molecular formula is C25H28N2O. The number of piperidine rings is 1. The Labute approximate surface area is 167 Å². The summed E-state index contributed by atoms with van der Waals surface area (Å²) in [4.78, 5) is 17.9. The van der Waals surface area contributed by atoms with Gasteiger partial charge in [0, 0.05) is 36.3 Å². The molecule has 1 N–H and O–H groups in total. The van der Waals surface area contributed by atoms with E-state index in [9.17, 15) is 4.79 Å². The summed E-state index contributed by atoms with van der Waals surface area (Å²) in [5, 5.41) is 1.32. The van der Waals surface area contributed by atoms with E-state index in [2.05, 4.69) is 73.6 Å². The van der Waals surface area contributed by atoms with Gasteiger partial charge in [0.05, 0.1) is 0 Å². The summed E-state index contributed by atoms with van der Waals surface area (Å²) in [6.45, 7) is 6.02. The number of H-pyrrole nitrogens is 1. The van der Waals surface area contributed by atoms with Gasteiger partial charge in [0.2, 0.25) is 5.91 Å². The highest BCUT2D eigenvalue weighted by Crippen LogP contribution is 2.33. The lowest BCUT2D eigenvalue weighted by Gasteiger charge is -2.31. The van der Waals surface area contributed by atoms with Crippen molar-refractivity contribution < 1.29 is 4.79 Å². The minimum Gasteiger partial charge on any atom is -0.361 e. The van der Waals surface area contributed by atoms with E-state index in [-0.39, 0.29) is 5.91 Å². The van der Waals surface area contributed by atoms with E-state index in [4.69, 9.17) is 0 Å². The number of likely N-dealkylation sites (tertiary alicyclic amines) is 1. The molecule has 0 aliphatic carbocycles. The standard InChI is InChI=1S/C25H28N2O/c1-18(2)20-10-7-19(8-11-20)9-12-25(28)27-15-13-21(14-16-27)23-17-26-24-6-4-3-5-22(23)24/h3-12,17-18,21,26H,13-16H2,1-2H3/b12-9+. The zero-order valence-electron chi connectivity index (χ0n) is 16.7. The van der Waals surface area contributed by atoms with Gasteiger partial charge in [0.15, 0.2) is 0 Å². The molecule has 3 nitrogen and oxygen atoms in total. The number of rotatable bonds is 4. The number of hydrogen-bond acceptors (Lipinski definition) is 1. The molecule has 3 heteroatoms. The van der Waals surface area contributed by atoms with Gasteiger partial charge in [-0.3, -0.25) is 4.79 Å². The minimum atomic E-state index is 0.116. The largest absolute Gasteiger partial charge is 0.361 e. The van der Waals surface area contributed by atoms with Crippen molar-refractivity contribution >= 4 is 22.9 Å². The Morgan fingerprint density at radius 2 is 1.79 bits per heavy atom. The molecule has 0 atom stereocenters. The lowest BCUT2D eigenvalue weighted by molar-refractivity contribution is -0.126. The van der Waals surface area contributed by atoms with Crippen LogP contribution in [0.4, 0.5) is 0 Å². The molecule has 1 amide bonds. The van der Waals surface area contributed by atoms with Crippen molar-refractivity contribution in [2.45, 2.75) is 38.5 Å². The van der Waals surface area contributed by atoms with Gasteiger partial charge in [-0.15, -0.1) is 0 Å². The summed E-state index contributed by atoms with van der Waals surface area (Å²) in [6, 6.07) is 16.9. The van der Waals surface area contributed by atoms with Crippen LogP contribution in [0.2, 0.25) is 0 Å². The molecule has 1 aromatic heterocycles. The van der Waals surface area contributed by atoms with Gasteiger partial charge in [0.25, 0.3) is 0 Å². The highest BCUT2D eigenvalue weighted by atomic mass is 16.2. The molecule has 28 heavy (non-hydrogen) atoms. The van der Waals surface area contributed by atoms with E-state index in [1.807, 2.05) is 11.0 Å². The first-order valence-electron chi connectivity index (χ1n) is 10.2. The predicted octanol–water partition coefficient (Wildman–Crippen LogP) is 5.71. The normalized spacial score (nSPS) is 15.8. The van der Waals surface area contributed by atoms with E-state index >= 15 is 0 Å². The number of hydrogen-bond donors (Lipinski definition) is 1. The second-order valence-electron chi connectivity index (χ2n) is 8.04. The molecule has 0 spiro atoms. The molecule has 3 aromatic rings. The minimum absolute atomic E-state index is 0.116. The Hall–Kier alpha value is -2.81. The van der Waals surface area contributed by atoms with Crippen LogP contribution in [-0.4, -0.2) is 28.9 Å². The van der Waals surface area contributed by atoms with Crippen molar-refractivity contribution in [3.63, 3.8) is 0 Å². The van der Waals surface area contributed by atoms with Crippen LogP contribution in [0.25, 0.3) is 17.0 Å². The molecule has 1 saturated heterocycles. The summed E-state index contributed by atoms with van der Waals surface area (Å²) in [7, 11) is 0. The molecule has 1 aliphatic rings. The van der Waals surface area contributed by atoms with Crippen LogP contribution >= 0.6 is 0 Å². The van der Waals surface area contributed by atoms with Gasteiger partial charge >= 0.3 is 0 Å². The number of benzene rings is 2. The van der Waals surface area contributed by atoms with Crippen molar-refractivity contribution in [1.82, 2.24) is 9.88 Å². The molecule has 1 fully saturated rings. The van der Waals surface area contributed by atoms with Crippen LogP contribution in [0.15, 0.2) is 60.8 Å². The second-order valence-corrected chi connectivity index (χ2v) is 8.04. The number of nitrogens with zero attached hydrogens (tertiary/aromatic N) is 1. The number of aromatic amines is 1. The average Bonchev–Trinajstić information content (AvgIpc) is 3.16. The summed E-state index contributed by atoms with van der Waals surface area (Å²) in [5.74, 6) is 1.16. The third-order valence-electron chi connectivity index (χ3n) is 5.89. The van der Waals surface area contributed by atoms with E-state index in [1.54, 1.807) is 6.08 Å². The first-order valence-corrected chi connectivity index (χ1v) is 10.2. The van der Waals surface area contributed by atoms with Gasteiger partial charge in [0.1, 0.15) is 0 Å². The van der Waals surface area contributed by atoms with Crippen molar-refractivity contribution in [1.29, 1.82) is 0 Å². The number of nitrogens with one attached hydrogen (secondary N) is 1. The molecule has 2 heterocycles. The second kappa shape index (κ2) is 8.05. The average molecular weight is 373 g/mol. The van der Waals surface area contributed by atoms with Crippen molar-refractivity contribution in [2.24, 2.45) is 0 Å². The summed E-state index contributed by atoms with van der Waals surface area (Å²) in [6.07, 6.45) is 7.83. The zero-order chi connectivity index (χ0) is 19.5. The SMILES string of the molecule is CC(C)c1ccc(/C=C/C(=O)N2CCC(c3c[nH]c4ccccc34)CC2)cc1. The van der Waals surface area contributed by atoms with Crippen LogP contribution in [0.5, 0.6) is 0 Å². The molecule has 0 unspecified atom stereocenters. The fraction of sp³-hybridized carbons (Fsp3) is 0.320. The topological polar surface area (TPSA) is 36.1 Å². The Balaban J connectivity index is 1.36. The van der Waals surface area contributed by atoms with Crippen LogP contribution in [-0.2, 0) is 4.79 Å². The Bertz CT molecular complexity index is 973. The van der Waals surface area contributed by atoms with Crippen LogP contribution < -0.4 is 0 Å². The van der Waals surface area contributed by atoms with Gasteiger partial charge < -0.3 is 9.88 Å². The van der Waals surface area contributed by atoms with Gasteiger partial charge in [-0.05, 0) is 53.5 Å². The number of amides is 1. The van der Waals surface area contributed by atoms with E-state index < -0.39 is 0 Å². The number of para-hydroxylation sites is 1. The van der Waals surface area contributed by atoms with Crippen molar-refractivity contribution in [3.05, 3.63) is 77.5 Å². The number of carbonyl (C=O) groups excluding carboxylic acids is 1. The Kier molecular flexibility index (Phi) is 5.34. The van der Waals surface area contributed by atoms with Crippen LogP contribution in [0.3, 0.4) is 0 Å². The molecule has 0 bridgehead atoms. The highest BCUT2D eigenvalue weighted by molar-refractivity contribution is 5.92. The van der Waals surface area contributed by atoms with Crippen LogP contribution in [0.1, 0.15) is 55.2 Å². The third-order valence-corrected chi connectivity index (χ3v) is 5.89. The first kappa shape index (κ1) is 18.5. The van der Waals surface area contributed by atoms with Crippen molar-refractivity contribution in [2.75, 3.05) is 13.1 Å². The fourth-order valence-corrected chi connectivity index (χ4v) is 4.11. The quantitative estimate of drug-likeness (QED) is 0.585. The molecule has 0 radical (unpaired) electrons. The number of carbonyl (C=O) groups is 1. The van der Waals surface area contributed by atoms with Gasteiger partial charge in [-0.2, -0.15) is 0 Å². The van der Waals surface area contributed by atoms with E-state index in [1.165, 1.54) is 22.0 Å². The summed E-state index contributed by atoms with van der Waals surface area (Å²) < 4.78 is 0. The molecule has 144 valence electrons. The summed E-state index contributed by atoms with van der Waals surface area (Å²) >= 11 is 0. The molecule has 0 saturated carbocycles. The van der Waals surface area contributed by atoms with Crippen LogP contribution in [0, 0.1) is 0 Å². The maximum absolute atomic E-state index is 12.6. The number of fused-ring (bicyclic) bond motifs is 1. The lowest BCUT2D eigenvalue weighted by atomic mass is 9.89. The predicted molar refractivity (Wildman–Crippen MR) is 116 cm³/mol. The highest BCUT2D eigenvalue weighted by Gasteiger charge is 2.24. The maximum Gasteiger partial charge on any atom is 0.246 e. The first-order chi connectivity index (χ1) is 13.6. The van der Waals surface area contributed by atoms with Crippen molar-refractivity contribution in [3.8, 4) is 0 Å². The fourth-order valence-electron chi connectivity index (χ4n) is 4.11. The molecule has 4 rings (SSSR count). The molecular weight excluding hydrogens is 344 g/mol. The Morgan fingerprint density at radius 3 is 2.50 bits per heavy atom. The monoisotopic (exact) mass is 372 g/mol.